The Labute approximate surface area is 116 Å². The predicted octanol–water partition coefficient (Wildman–Crippen LogP) is 1.17. The van der Waals surface area contributed by atoms with Gasteiger partial charge < -0.3 is 15.4 Å². The second-order valence-electron chi connectivity index (χ2n) is 5.21. The lowest BCUT2D eigenvalue weighted by Gasteiger charge is -2.46. The molecule has 1 aromatic heterocycles. The van der Waals surface area contributed by atoms with Gasteiger partial charge in [0.15, 0.2) is 0 Å². The summed E-state index contributed by atoms with van der Waals surface area (Å²) in [5.41, 5.74) is 2.03. The van der Waals surface area contributed by atoms with E-state index in [9.17, 15) is 4.79 Å². The van der Waals surface area contributed by atoms with Crippen LogP contribution in [0.2, 0.25) is 0 Å². The summed E-state index contributed by atoms with van der Waals surface area (Å²) in [7, 11) is 0. The fourth-order valence-corrected chi connectivity index (χ4v) is 3.56. The van der Waals surface area contributed by atoms with E-state index in [0.717, 1.165) is 45.4 Å². The first-order valence-electron chi connectivity index (χ1n) is 6.84. The minimum Gasteiger partial charge on any atom is -0.373 e. The molecule has 104 valence electrons. The Morgan fingerprint density at radius 3 is 3.11 bits per heavy atom. The van der Waals surface area contributed by atoms with Gasteiger partial charge in [0.25, 0.3) is 5.91 Å². The van der Waals surface area contributed by atoms with E-state index in [1.165, 1.54) is 11.3 Å². The lowest BCUT2D eigenvalue weighted by atomic mass is 9.80. The maximum absolute atomic E-state index is 12.2. The quantitative estimate of drug-likeness (QED) is 0.854. The van der Waals surface area contributed by atoms with E-state index in [1.807, 2.05) is 0 Å². The largest absolute Gasteiger partial charge is 0.373 e. The van der Waals surface area contributed by atoms with Crippen molar-refractivity contribution in [3.63, 3.8) is 0 Å². The van der Waals surface area contributed by atoms with Gasteiger partial charge in [-0.1, -0.05) is 0 Å². The number of piperidine rings is 1. The molecule has 5 nitrogen and oxygen atoms in total. The molecule has 0 aromatic carbocycles. The van der Waals surface area contributed by atoms with Crippen LogP contribution in [0.3, 0.4) is 0 Å². The van der Waals surface area contributed by atoms with Crippen molar-refractivity contribution < 1.29 is 9.53 Å². The van der Waals surface area contributed by atoms with Gasteiger partial charge in [0.05, 0.1) is 17.2 Å². The summed E-state index contributed by atoms with van der Waals surface area (Å²) in [6.45, 7) is 2.73. The molecule has 1 unspecified atom stereocenters. The molecule has 3 rings (SSSR count). The van der Waals surface area contributed by atoms with Crippen LogP contribution in [0.1, 0.15) is 36.2 Å². The Bertz CT molecular complexity index is 421. The molecule has 19 heavy (non-hydrogen) atoms. The zero-order valence-electron chi connectivity index (χ0n) is 10.9. The minimum absolute atomic E-state index is 0.0744. The first-order valence-corrected chi connectivity index (χ1v) is 7.78. The minimum atomic E-state index is -0.171. The summed E-state index contributed by atoms with van der Waals surface area (Å²) >= 11 is 1.44. The van der Waals surface area contributed by atoms with Crippen molar-refractivity contribution in [2.75, 3.05) is 19.7 Å². The van der Waals surface area contributed by atoms with Crippen molar-refractivity contribution in [1.29, 1.82) is 0 Å². The van der Waals surface area contributed by atoms with E-state index in [0.29, 0.717) is 5.69 Å². The standard InChI is InChI=1S/C13H19N3O2S/c17-12(10-8-19-9-15-10)16-11-2-1-7-18-13(11)3-5-14-6-4-13/h8-9,11,14H,1-7H2,(H,16,17). The number of rotatable bonds is 2. The zero-order chi connectivity index (χ0) is 13.1. The number of hydrogen-bond acceptors (Lipinski definition) is 5. The van der Waals surface area contributed by atoms with Gasteiger partial charge in [0.2, 0.25) is 0 Å². The number of aromatic nitrogens is 1. The molecule has 1 amide bonds. The molecular weight excluding hydrogens is 262 g/mol. The third-order valence-corrected chi connectivity index (χ3v) is 4.67. The van der Waals surface area contributed by atoms with Gasteiger partial charge in [0, 0.05) is 12.0 Å². The number of carbonyl (C=O) groups excluding carboxylic acids is 1. The van der Waals surface area contributed by atoms with E-state index in [1.54, 1.807) is 10.9 Å². The highest BCUT2D eigenvalue weighted by Crippen LogP contribution is 2.33. The molecule has 2 fully saturated rings. The maximum Gasteiger partial charge on any atom is 0.271 e. The van der Waals surface area contributed by atoms with Crippen LogP contribution in [0, 0.1) is 0 Å². The maximum atomic E-state index is 12.2. The van der Waals surface area contributed by atoms with Gasteiger partial charge >= 0.3 is 0 Å². The van der Waals surface area contributed by atoms with Crippen LogP contribution in [0.15, 0.2) is 10.9 Å². The van der Waals surface area contributed by atoms with Crippen LogP contribution in [0.4, 0.5) is 0 Å². The van der Waals surface area contributed by atoms with Crippen molar-refractivity contribution in [2.24, 2.45) is 0 Å². The van der Waals surface area contributed by atoms with Crippen LogP contribution in [-0.4, -0.2) is 42.2 Å². The summed E-state index contributed by atoms with van der Waals surface area (Å²) < 4.78 is 6.06. The zero-order valence-corrected chi connectivity index (χ0v) is 11.7. The number of thiazole rings is 1. The van der Waals surface area contributed by atoms with Crippen molar-refractivity contribution >= 4 is 17.2 Å². The molecule has 6 heteroatoms. The Morgan fingerprint density at radius 2 is 2.37 bits per heavy atom. The number of carbonyl (C=O) groups is 1. The monoisotopic (exact) mass is 281 g/mol. The highest BCUT2D eigenvalue weighted by atomic mass is 32.1. The number of nitrogens with one attached hydrogen (secondary N) is 2. The number of hydrogen-bond donors (Lipinski definition) is 2. The molecular formula is C13H19N3O2S. The normalized spacial score (nSPS) is 26.2. The Hall–Kier alpha value is -0.980. The third kappa shape index (κ3) is 2.66. The fourth-order valence-electron chi connectivity index (χ4n) is 3.03. The molecule has 1 atom stereocenters. The molecule has 1 aromatic rings. The van der Waals surface area contributed by atoms with E-state index in [2.05, 4.69) is 15.6 Å². The second kappa shape index (κ2) is 5.56. The Kier molecular flexibility index (Phi) is 3.81. The molecule has 0 saturated carbocycles. The summed E-state index contributed by atoms with van der Waals surface area (Å²) in [6, 6.07) is 0.109. The number of ether oxygens (including phenoxy) is 1. The smallest absolute Gasteiger partial charge is 0.271 e. The number of nitrogens with zero attached hydrogens (tertiary/aromatic N) is 1. The van der Waals surface area contributed by atoms with Crippen LogP contribution < -0.4 is 10.6 Å². The average molecular weight is 281 g/mol. The molecule has 0 aliphatic carbocycles. The van der Waals surface area contributed by atoms with E-state index >= 15 is 0 Å². The average Bonchev–Trinajstić information content (AvgIpc) is 2.97. The molecule has 3 heterocycles. The lowest BCUT2D eigenvalue weighted by Crippen LogP contribution is -2.60. The second-order valence-corrected chi connectivity index (χ2v) is 5.92. The van der Waals surface area contributed by atoms with E-state index in [4.69, 9.17) is 4.74 Å². The van der Waals surface area contributed by atoms with Crippen molar-refractivity contribution in [1.82, 2.24) is 15.6 Å². The summed E-state index contributed by atoms with van der Waals surface area (Å²) in [5.74, 6) is -0.0744. The fraction of sp³-hybridized carbons (Fsp3) is 0.692. The van der Waals surface area contributed by atoms with E-state index < -0.39 is 0 Å². The Balaban J connectivity index is 1.72. The van der Waals surface area contributed by atoms with Crippen molar-refractivity contribution in [2.45, 2.75) is 37.3 Å². The SMILES string of the molecule is O=C(NC1CCCOC12CCNCC2)c1cscn1. The highest BCUT2D eigenvalue weighted by molar-refractivity contribution is 7.07. The summed E-state index contributed by atoms with van der Waals surface area (Å²) in [4.78, 5) is 16.2. The Morgan fingerprint density at radius 1 is 1.53 bits per heavy atom. The molecule has 0 bridgehead atoms. The molecule has 2 saturated heterocycles. The van der Waals surface area contributed by atoms with Gasteiger partial charge in [-0.15, -0.1) is 11.3 Å². The topological polar surface area (TPSA) is 63.2 Å². The van der Waals surface area contributed by atoms with Gasteiger partial charge in [0.1, 0.15) is 5.69 Å². The third-order valence-electron chi connectivity index (χ3n) is 4.08. The lowest BCUT2D eigenvalue weighted by molar-refractivity contribution is -0.114. The molecule has 1 spiro atoms. The van der Waals surface area contributed by atoms with Crippen LogP contribution >= 0.6 is 11.3 Å². The molecule has 2 aliphatic rings. The number of amides is 1. The molecule has 2 N–H and O–H groups in total. The van der Waals surface area contributed by atoms with Gasteiger partial charge in [-0.2, -0.15) is 0 Å². The van der Waals surface area contributed by atoms with Crippen molar-refractivity contribution in [3.05, 3.63) is 16.6 Å². The van der Waals surface area contributed by atoms with Crippen LogP contribution in [0.25, 0.3) is 0 Å². The first-order chi connectivity index (χ1) is 9.30. The first kappa shape index (κ1) is 13.0. The van der Waals surface area contributed by atoms with Gasteiger partial charge in [-0.3, -0.25) is 4.79 Å². The van der Waals surface area contributed by atoms with Crippen LogP contribution in [-0.2, 0) is 4.74 Å². The predicted molar refractivity (Wildman–Crippen MR) is 73.4 cm³/mol. The highest BCUT2D eigenvalue weighted by Gasteiger charge is 2.43. The summed E-state index contributed by atoms with van der Waals surface area (Å²) in [6.07, 6.45) is 3.94. The van der Waals surface area contributed by atoms with Crippen molar-refractivity contribution in [3.8, 4) is 0 Å². The molecule has 2 aliphatic heterocycles. The molecule has 0 radical (unpaired) electrons. The van der Waals surface area contributed by atoms with Crippen LogP contribution in [0.5, 0.6) is 0 Å². The van der Waals surface area contributed by atoms with E-state index in [-0.39, 0.29) is 17.6 Å². The summed E-state index contributed by atoms with van der Waals surface area (Å²) in [5, 5.41) is 8.27. The van der Waals surface area contributed by atoms with Gasteiger partial charge in [-0.05, 0) is 38.8 Å². The van der Waals surface area contributed by atoms with Gasteiger partial charge in [-0.25, -0.2) is 4.98 Å².